The highest BCUT2D eigenvalue weighted by Crippen LogP contribution is 2.23. The number of nitro groups is 1. The lowest BCUT2D eigenvalue weighted by atomic mass is 9.95. The first-order valence-corrected chi connectivity index (χ1v) is 6.81. The zero-order valence-corrected chi connectivity index (χ0v) is 12.6. The molecule has 8 nitrogen and oxygen atoms in total. The smallest absolute Gasteiger partial charge is 0.383 e. The van der Waals surface area contributed by atoms with Gasteiger partial charge in [0.25, 0.3) is 0 Å². The van der Waals surface area contributed by atoms with Crippen LogP contribution in [-0.4, -0.2) is 32.3 Å². The summed E-state index contributed by atoms with van der Waals surface area (Å²) in [7, 11) is 0. The summed E-state index contributed by atoms with van der Waals surface area (Å²) in [6, 6.07) is 3.86. The predicted octanol–water partition coefficient (Wildman–Crippen LogP) is 1.09. The zero-order chi connectivity index (χ0) is 17.9. The van der Waals surface area contributed by atoms with Crippen LogP contribution >= 0.6 is 0 Å². The van der Waals surface area contributed by atoms with Crippen molar-refractivity contribution in [2.75, 3.05) is 6.54 Å². The Bertz CT molecular complexity index is 776. The number of carbonyl (C=O) groups is 1. The maximum atomic E-state index is 13.7. The van der Waals surface area contributed by atoms with Crippen molar-refractivity contribution in [1.29, 1.82) is 0 Å². The van der Waals surface area contributed by atoms with Gasteiger partial charge in [-0.05, 0) is 17.9 Å². The number of aromatic nitrogens is 2. The van der Waals surface area contributed by atoms with Gasteiger partial charge in [-0.15, -0.1) is 0 Å². The quantitative estimate of drug-likeness (QED) is 0.604. The fraction of sp³-hybridized carbons (Fsp3) is 0.286. The van der Waals surface area contributed by atoms with E-state index >= 15 is 0 Å². The fourth-order valence-electron chi connectivity index (χ4n) is 2.03. The van der Waals surface area contributed by atoms with Gasteiger partial charge in [-0.2, -0.15) is 4.68 Å². The molecular formula is C14H14F2N4O4. The highest BCUT2D eigenvalue weighted by Gasteiger charge is 2.27. The SMILES string of the molecule is CC(O)(CNC(=O)Cn1ccc([N+](=O)[O-])n1)c1ccc(F)cc1F. The number of amides is 1. The lowest BCUT2D eigenvalue weighted by Crippen LogP contribution is -2.40. The Labute approximate surface area is 134 Å². The molecule has 0 saturated carbocycles. The standard InChI is InChI=1S/C14H14F2N4O4/c1-14(22,10-3-2-9(15)6-11(10)16)8-17-13(21)7-19-5-4-12(18-19)20(23)24/h2-6,22H,7-8H2,1H3,(H,17,21). The lowest BCUT2D eigenvalue weighted by molar-refractivity contribution is -0.389. The third kappa shape index (κ3) is 4.10. The largest absolute Gasteiger partial charge is 0.389 e. The second kappa shape index (κ2) is 6.71. The molecule has 1 aromatic carbocycles. The molecule has 0 fully saturated rings. The van der Waals surface area contributed by atoms with Crippen LogP contribution in [0.25, 0.3) is 0 Å². The molecule has 1 atom stereocenters. The number of hydrogen-bond donors (Lipinski definition) is 2. The number of aliphatic hydroxyl groups is 1. The van der Waals surface area contributed by atoms with Gasteiger partial charge in [-0.25, -0.2) is 8.78 Å². The first-order chi connectivity index (χ1) is 11.2. The topological polar surface area (TPSA) is 110 Å². The van der Waals surface area contributed by atoms with Crippen LogP contribution in [0.2, 0.25) is 0 Å². The summed E-state index contributed by atoms with van der Waals surface area (Å²) in [5, 5.41) is 26.7. The number of hydrogen-bond acceptors (Lipinski definition) is 5. The van der Waals surface area contributed by atoms with Crippen molar-refractivity contribution in [3.8, 4) is 0 Å². The second-order valence-electron chi connectivity index (χ2n) is 5.30. The van der Waals surface area contributed by atoms with Gasteiger partial charge in [0.05, 0.1) is 23.9 Å². The van der Waals surface area contributed by atoms with Crippen LogP contribution in [0.3, 0.4) is 0 Å². The minimum Gasteiger partial charge on any atom is -0.383 e. The van der Waals surface area contributed by atoms with Gasteiger partial charge >= 0.3 is 5.82 Å². The number of benzene rings is 1. The molecular weight excluding hydrogens is 326 g/mol. The number of nitrogens with one attached hydrogen (secondary N) is 1. The molecule has 128 valence electrons. The van der Waals surface area contributed by atoms with E-state index in [2.05, 4.69) is 10.4 Å². The Hall–Kier alpha value is -2.88. The normalized spacial score (nSPS) is 13.3. The van der Waals surface area contributed by atoms with E-state index in [1.165, 1.54) is 13.1 Å². The average molecular weight is 340 g/mol. The molecule has 0 saturated heterocycles. The molecule has 0 aliphatic heterocycles. The molecule has 0 aliphatic rings. The van der Waals surface area contributed by atoms with E-state index in [1.54, 1.807) is 0 Å². The Kier molecular flexibility index (Phi) is 4.88. The van der Waals surface area contributed by atoms with Crippen LogP contribution in [0.4, 0.5) is 14.6 Å². The van der Waals surface area contributed by atoms with Gasteiger partial charge in [0.15, 0.2) is 0 Å². The number of nitrogens with zero attached hydrogens (tertiary/aromatic N) is 3. The third-order valence-corrected chi connectivity index (χ3v) is 3.26. The molecule has 2 aromatic rings. The van der Waals surface area contributed by atoms with Crippen LogP contribution in [0, 0.1) is 21.7 Å². The van der Waals surface area contributed by atoms with Gasteiger partial charge < -0.3 is 20.5 Å². The summed E-state index contributed by atoms with van der Waals surface area (Å²) in [6.45, 7) is 0.621. The highest BCUT2D eigenvalue weighted by atomic mass is 19.1. The summed E-state index contributed by atoms with van der Waals surface area (Å²) in [5.41, 5.74) is -1.93. The van der Waals surface area contributed by atoms with E-state index in [1.807, 2.05) is 0 Å². The molecule has 1 amide bonds. The summed E-state index contributed by atoms with van der Waals surface area (Å²) in [4.78, 5) is 21.6. The van der Waals surface area contributed by atoms with Crippen molar-refractivity contribution >= 4 is 11.7 Å². The molecule has 1 heterocycles. The van der Waals surface area contributed by atoms with Crippen LogP contribution in [-0.2, 0) is 16.9 Å². The van der Waals surface area contributed by atoms with E-state index in [0.717, 1.165) is 22.9 Å². The number of carbonyl (C=O) groups excluding carboxylic acids is 1. The van der Waals surface area contributed by atoms with E-state index < -0.39 is 33.9 Å². The summed E-state index contributed by atoms with van der Waals surface area (Å²) >= 11 is 0. The maximum absolute atomic E-state index is 13.7. The molecule has 0 bridgehead atoms. The van der Waals surface area contributed by atoms with Crippen molar-refractivity contribution in [2.24, 2.45) is 0 Å². The second-order valence-corrected chi connectivity index (χ2v) is 5.30. The van der Waals surface area contributed by atoms with Crippen molar-refractivity contribution in [1.82, 2.24) is 15.1 Å². The van der Waals surface area contributed by atoms with E-state index in [9.17, 15) is 28.8 Å². The molecule has 0 radical (unpaired) electrons. The molecule has 0 aliphatic carbocycles. The molecule has 0 spiro atoms. The first-order valence-electron chi connectivity index (χ1n) is 6.81. The minimum atomic E-state index is -1.76. The van der Waals surface area contributed by atoms with Gasteiger partial charge in [0.1, 0.15) is 23.8 Å². The first kappa shape index (κ1) is 17.5. The average Bonchev–Trinajstić information content (AvgIpc) is 2.93. The summed E-state index contributed by atoms with van der Waals surface area (Å²) in [6.07, 6.45) is 1.26. The molecule has 2 N–H and O–H groups in total. The molecule has 2 rings (SSSR count). The van der Waals surface area contributed by atoms with Crippen LogP contribution in [0.1, 0.15) is 12.5 Å². The van der Waals surface area contributed by atoms with E-state index in [4.69, 9.17) is 0 Å². The predicted molar refractivity (Wildman–Crippen MR) is 77.8 cm³/mol. The van der Waals surface area contributed by atoms with Crippen molar-refractivity contribution in [3.05, 3.63) is 57.8 Å². The van der Waals surface area contributed by atoms with Gasteiger partial charge in [-0.3, -0.25) is 4.79 Å². The molecule has 1 aromatic heterocycles. The fourth-order valence-corrected chi connectivity index (χ4v) is 2.03. The van der Waals surface area contributed by atoms with Crippen LogP contribution in [0.15, 0.2) is 30.5 Å². The van der Waals surface area contributed by atoms with E-state index in [0.29, 0.717) is 6.07 Å². The van der Waals surface area contributed by atoms with E-state index in [-0.39, 0.29) is 18.7 Å². The van der Waals surface area contributed by atoms with Crippen molar-refractivity contribution in [3.63, 3.8) is 0 Å². The zero-order valence-electron chi connectivity index (χ0n) is 12.6. The van der Waals surface area contributed by atoms with Gasteiger partial charge in [0, 0.05) is 11.6 Å². The van der Waals surface area contributed by atoms with Crippen molar-refractivity contribution in [2.45, 2.75) is 19.1 Å². The molecule has 1 unspecified atom stereocenters. The van der Waals surface area contributed by atoms with Crippen LogP contribution < -0.4 is 5.32 Å². The Morgan fingerprint density at radius 2 is 2.17 bits per heavy atom. The van der Waals surface area contributed by atoms with Gasteiger partial charge in [-0.1, -0.05) is 6.07 Å². The molecule has 10 heteroatoms. The summed E-state index contributed by atoms with van der Waals surface area (Å²) in [5.74, 6) is -2.70. The minimum absolute atomic E-state index is 0.168. The number of rotatable bonds is 6. The third-order valence-electron chi connectivity index (χ3n) is 3.26. The highest BCUT2D eigenvalue weighted by molar-refractivity contribution is 5.75. The maximum Gasteiger partial charge on any atom is 0.389 e. The Morgan fingerprint density at radius 1 is 1.46 bits per heavy atom. The number of halogens is 2. The van der Waals surface area contributed by atoms with Crippen molar-refractivity contribution < 1.29 is 23.6 Å². The van der Waals surface area contributed by atoms with Gasteiger partial charge in [0.2, 0.25) is 5.91 Å². The Morgan fingerprint density at radius 3 is 2.75 bits per heavy atom. The Balaban J connectivity index is 1.97. The monoisotopic (exact) mass is 340 g/mol. The molecule has 24 heavy (non-hydrogen) atoms. The van der Waals surface area contributed by atoms with Crippen LogP contribution in [0.5, 0.6) is 0 Å². The lowest BCUT2D eigenvalue weighted by Gasteiger charge is -2.24. The summed E-state index contributed by atoms with van der Waals surface area (Å²) < 4.78 is 27.7.